The zero-order valence-electron chi connectivity index (χ0n) is 15.9. The van der Waals surface area contributed by atoms with Gasteiger partial charge in [-0.1, -0.05) is 30.3 Å². The standard InChI is InChI=1S/C23H24N2O3/c1-27-20-9-4-8-18(14-20)23(26)24-15-21(22-10-5-13-28-22)25-12-11-17-6-2-3-7-19(17)16-25/h2-10,13-14,21H,11-12,15-16H2,1H3,(H,24,26)/t21-/m0/s1. The van der Waals surface area contributed by atoms with E-state index >= 15 is 0 Å². The fourth-order valence-corrected chi connectivity index (χ4v) is 3.73. The van der Waals surface area contributed by atoms with Gasteiger partial charge in [-0.2, -0.15) is 0 Å². The maximum atomic E-state index is 12.7. The lowest BCUT2D eigenvalue weighted by Crippen LogP contribution is -2.40. The maximum absolute atomic E-state index is 12.7. The summed E-state index contributed by atoms with van der Waals surface area (Å²) in [6, 6.07) is 19.6. The molecule has 2 heterocycles. The van der Waals surface area contributed by atoms with E-state index in [4.69, 9.17) is 9.15 Å². The zero-order valence-corrected chi connectivity index (χ0v) is 15.9. The number of furan rings is 1. The third kappa shape index (κ3) is 3.94. The van der Waals surface area contributed by atoms with Crippen molar-refractivity contribution in [3.8, 4) is 5.75 Å². The van der Waals surface area contributed by atoms with Crippen LogP contribution in [0.3, 0.4) is 0 Å². The van der Waals surface area contributed by atoms with Crippen molar-refractivity contribution >= 4 is 5.91 Å². The van der Waals surface area contributed by atoms with E-state index in [1.807, 2.05) is 24.3 Å². The first-order chi connectivity index (χ1) is 13.7. The molecule has 0 unspecified atom stereocenters. The Kier molecular flexibility index (Phi) is 5.44. The number of fused-ring (bicyclic) bond motifs is 1. The summed E-state index contributed by atoms with van der Waals surface area (Å²) in [6.07, 6.45) is 2.68. The van der Waals surface area contributed by atoms with Gasteiger partial charge < -0.3 is 14.5 Å². The molecule has 1 amide bonds. The lowest BCUT2D eigenvalue weighted by atomic mass is 9.98. The first-order valence-corrected chi connectivity index (χ1v) is 9.51. The summed E-state index contributed by atoms with van der Waals surface area (Å²) in [5.74, 6) is 1.42. The number of carbonyl (C=O) groups is 1. The Balaban J connectivity index is 1.49. The smallest absolute Gasteiger partial charge is 0.251 e. The molecule has 0 saturated carbocycles. The first-order valence-electron chi connectivity index (χ1n) is 9.51. The molecule has 1 N–H and O–H groups in total. The van der Waals surface area contributed by atoms with Crippen molar-refractivity contribution in [3.63, 3.8) is 0 Å². The van der Waals surface area contributed by atoms with Gasteiger partial charge in [-0.05, 0) is 47.9 Å². The molecule has 28 heavy (non-hydrogen) atoms. The van der Waals surface area contributed by atoms with E-state index in [-0.39, 0.29) is 11.9 Å². The van der Waals surface area contributed by atoms with E-state index in [0.29, 0.717) is 17.9 Å². The predicted molar refractivity (Wildman–Crippen MR) is 107 cm³/mol. The minimum atomic E-state index is -0.118. The third-order valence-corrected chi connectivity index (χ3v) is 5.26. The number of amides is 1. The number of ether oxygens (including phenoxy) is 1. The van der Waals surface area contributed by atoms with Crippen molar-refractivity contribution in [3.05, 3.63) is 89.4 Å². The number of rotatable bonds is 6. The molecular weight excluding hydrogens is 352 g/mol. The fourth-order valence-electron chi connectivity index (χ4n) is 3.73. The van der Waals surface area contributed by atoms with Gasteiger partial charge in [0.1, 0.15) is 11.5 Å². The summed E-state index contributed by atoms with van der Waals surface area (Å²) in [6.45, 7) is 2.25. The van der Waals surface area contributed by atoms with E-state index in [1.54, 1.807) is 25.5 Å². The highest BCUT2D eigenvalue weighted by molar-refractivity contribution is 5.94. The van der Waals surface area contributed by atoms with Crippen molar-refractivity contribution in [2.24, 2.45) is 0 Å². The predicted octanol–water partition coefficient (Wildman–Crippen LogP) is 3.82. The van der Waals surface area contributed by atoms with Gasteiger partial charge >= 0.3 is 0 Å². The Hall–Kier alpha value is -3.05. The Labute approximate surface area is 164 Å². The number of carbonyl (C=O) groups excluding carboxylic acids is 1. The van der Waals surface area contributed by atoms with Crippen LogP contribution < -0.4 is 10.1 Å². The molecule has 1 atom stereocenters. The number of hydrogen-bond donors (Lipinski definition) is 1. The lowest BCUT2D eigenvalue weighted by molar-refractivity contribution is 0.0919. The molecule has 144 valence electrons. The van der Waals surface area contributed by atoms with Crippen LogP contribution in [-0.4, -0.2) is 31.0 Å². The summed E-state index contributed by atoms with van der Waals surface area (Å²) in [7, 11) is 1.60. The number of benzene rings is 2. The summed E-state index contributed by atoms with van der Waals surface area (Å²) in [5, 5.41) is 3.06. The Morgan fingerprint density at radius 2 is 2.00 bits per heavy atom. The fraction of sp³-hybridized carbons (Fsp3) is 0.261. The number of hydrogen-bond acceptors (Lipinski definition) is 4. The van der Waals surface area contributed by atoms with Crippen LogP contribution in [0.5, 0.6) is 5.75 Å². The topological polar surface area (TPSA) is 54.7 Å². The largest absolute Gasteiger partial charge is 0.497 e. The van der Waals surface area contributed by atoms with Gasteiger partial charge in [-0.3, -0.25) is 9.69 Å². The molecule has 1 aliphatic rings. The summed E-state index contributed by atoms with van der Waals surface area (Å²) in [5.41, 5.74) is 3.32. The van der Waals surface area contributed by atoms with E-state index in [1.165, 1.54) is 11.1 Å². The molecule has 0 radical (unpaired) electrons. The van der Waals surface area contributed by atoms with Crippen molar-refractivity contribution in [1.29, 1.82) is 0 Å². The van der Waals surface area contributed by atoms with E-state index in [9.17, 15) is 4.79 Å². The molecule has 5 nitrogen and oxygen atoms in total. The van der Waals surface area contributed by atoms with Crippen molar-refractivity contribution in [2.45, 2.75) is 19.0 Å². The summed E-state index contributed by atoms with van der Waals surface area (Å²) >= 11 is 0. The van der Waals surface area contributed by atoms with Crippen LogP contribution in [0.4, 0.5) is 0 Å². The van der Waals surface area contributed by atoms with Gasteiger partial charge in [0.2, 0.25) is 0 Å². The molecule has 5 heteroatoms. The first kappa shape index (κ1) is 18.3. The van der Waals surface area contributed by atoms with Crippen LogP contribution >= 0.6 is 0 Å². The van der Waals surface area contributed by atoms with Crippen LogP contribution in [0.15, 0.2) is 71.3 Å². The Morgan fingerprint density at radius 3 is 2.79 bits per heavy atom. The van der Waals surface area contributed by atoms with E-state index in [0.717, 1.165) is 25.3 Å². The highest BCUT2D eigenvalue weighted by Gasteiger charge is 2.27. The van der Waals surface area contributed by atoms with Gasteiger partial charge in [0.05, 0.1) is 19.4 Å². The highest BCUT2D eigenvalue weighted by Crippen LogP contribution is 2.28. The molecule has 0 fully saturated rings. The highest BCUT2D eigenvalue weighted by atomic mass is 16.5. The molecule has 2 aromatic carbocycles. The molecule has 1 aliphatic heterocycles. The second kappa shape index (κ2) is 8.31. The van der Waals surface area contributed by atoms with Gasteiger partial charge in [0.15, 0.2) is 0 Å². The van der Waals surface area contributed by atoms with Crippen LogP contribution in [0.25, 0.3) is 0 Å². The van der Waals surface area contributed by atoms with Crippen LogP contribution in [0, 0.1) is 0 Å². The quantitative estimate of drug-likeness (QED) is 0.711. The molecule has 0 bridgehead atoms. The van der Waals surface area contributed by atoms with E-state index in [2.05, 4.69) is 34.5 Å². The van der Waals surface area contributed by atoms with Crippen LogP contribution in [0.1, 0.15) is 33.3 Å². The van der Waals surface area contributed by atoms with Gasteiger partial charge in [-0.25, -0.2) is 0 Å². The molecule has 0 spiro atoms. The third-order valence-electron chi connectivity index (χ3n) is 5.26. The average Bonchev–Trinajstić information content (AvgIpc) is 3.28. The summed E-state index contributed by atoms with van der Waals surface area (Å²) < 4.78 is 10.9. The Morgan fingerprint density at radius 1 is 1.14 bits per heavy atom. The van der Waals surface area contributed by atoms with Gasteiger partial charge in [0.25, 0.3) is 5.91 Å². The minimum absolute atomic E-state index is 0.0158. The molecule has 3 aromatic rings. The minimum Gasteiger partial charge on any atom is -0.497 e. The normalized spacial score (nSPS) is 14.9. The second-order valence-corrected chi connectivity index (χ2v) is 6.96. The van der Waals surface area contributed by atoms with E-state index < -0.39 is 0 Å². The van der Waals surface area contributed by atoms with Crippen LogP contribution in [0.2, 0.25) is 0 Å². The van der Waals surface area contributed by atoms with Gasteiger partial charge in [-0.15, -0.1) is 0 Å². The molecule has 0 aliphatic carbocycles. The number of nitrogens with zero attached hydrogens (tertiary/aromatic N) is 1. The molecule has 1 aromatic heterocycles. The van der Waals surface area contributed by atoms with Crippen LogP contribution in [-0.2, 0) is 13.0 Å². The maximum Gasteiger partial charge on any atom is 0.251 e. The van der Waals surface area contributed by atoms with Crippen molar-refractivity contribution < 1.29 is 13.9 Å². The molecule has 0 saturated heterocycles. The van der Waals surface area contributed by atoms with Crippen molar-refractivity contribution in [1.82, 2.24) is 10.2 Å². The molecular formula is C23H24N2O3. The number of nitrogens with one attached hydrogen (secondary N) is 1. The monoisotopic (exact) mass is 376 g/mol. The Bertz CT molecular complexity index is 937. The average molecular weight is 376 g/mol. The zero-order chi connectivity index (χ0) is 19.3. The SMILES string of the molecule is COc1cccc(C(=O)NC[C@@H](c2ccco2)N2CCc3ccccc3C2)c1. The lowest BCUT2D eigenvalue weighted by Gasteiger charge is -2.34. The number of methoxy groups -OCH3 is 1. The summed E-state index contributed by atoms with van der Waals surface area (Å²) in [4.78, 5) is 15.0. The van der Waals surface area contributed by atoms with Gasteiger partial charge in [0, 0.05) is 25.2 Å². The van der Waals surface area contributed by atoms with Crippen molar-refractivity contribution in [2.75, 3.05) is 20.2 Å². The second-order valence-electron chi connectivity index (χ2n) is 6.96. The molecule has 4 rings (SSSR count).